The van der Waals surface area contributed by atoms with Crippen molar-refractivity contribution < 1.29 is 9.59 Å². The molecule has 1 aromatic carbocycles. The molecule has 7 nitrogen and oxygen atoms in total. The molecule has 24 heavy (non-hydrogen) atoms. The van der Waals surface area contributed by atoms with Gasteiger partial charge in [-0.25, -0.2) is 9.97 Å². The molecule has 0 radical (unpaired) electrons. The summed E-state index contributed by atoms with van der Waals surface area (Å²) in [4.78, 5) is 32.2. The Labute approximate surface area is 141 Å². The number of carbonyl (C=O) groups is 2. The van der Waals surface area contributed by atoms with E-state index in [-0.39, 0.29) is 5.69 Å². The predicted molar refractivity (Wildman–Crippen MR) is 91.0 cm³/mol. The topological polar surface area (TPSA) is 96.0 Å². The maximum Gasteiger partial charge on any atom is 0.289 e. The monoisotopic (exact) mass is 339 g/mol. The Morgan fingerprint density at radius 3 is 2.42 bits per heavy atom. The molecule has 2 heterocycles. The van der Waals surface area contributed by atoms with E-state index in [1.54, 1.807) is 54.0 Å². The summed E-state index contributed by atoms with van der Waals surface area (Å²) in [5.41, 5.74) is 5.34. The lowest BCUT2D eigenvalue weighted by atomic mass is 10.2. The lowest BCUT2D eigenvalue weighted by Gasteiger charge is -2.05. The zero-order valence-electron chi connectivity index (χ0n) is 12.4. The molecule has 0 atom stereocenters. The van der Waals surface area contributed by atoms with Gasteiger partial charge in [0.25, 0.3) is 11.8 Å². The number of carbonyl (C=O) groups excluding carboxylic acids is 2. The van der Waals surface area contributed by atoms with E-state index in [0.717, 1.165) is 0 Å². The fourth-order valence-electron chi connectivity index (χ4n) is 1.82. The molecule has 120 valence electrons. The highest BCUT2D eigenvalue weighted by atomic mass is 32.1. The predicted octanol–water partition coefficient (Wildman–Crippen LogP) is 2.36. The number of hydrogen-bond acceptors (Lipinski definition) is 6. The molecule has 3 aromatic rings. The van der Waals surface area contributed by atoms with Crippen LogP contribution in [-0.4, -0.2) is 21.8 Å². The van der Waals surface area contributed by atoms with E-state index in [0.29, 0.717) is 16.5 Å². The van der Waals surface area contributed by atoms with Gasteiger partial charge in [-0.1, -0.05) is 24.3 Å². The Morgan fingerprint density at radius 2 is 1.67 bits per heavy atom. The van der Waals surface area contributed by atoms with Crippen LogP contribution in [0.3, 0.4) is 0 Å². The minimum absolute atomic E-state index is 0.201. The number of anilines is 2. The number of benzene rings is 1. The number of pyridine rings is 1. The van der Waals surface area contributed by atoms with Crippen molar-refractivity contribution in [3.05, 3.63) is 71.4 Å². The summed E-state index contributed by atoms with van der Waals surface area (Å²) in [5.74, 6) is -0.258. The molecule has 0 aliphatic rings. The van der Waals surface area contributed by atoms with Gasteiger partial charge in [0, 0.05) is 17.1 Å². The number of hydrogen-bond donors (Lipinski definition) is 3. The third-order valence-electron chi connectivity index (χ3n) is 2.96. The molecule has 0 spiro atoms. The Balaban J connectivity index is 1.57. The van der Waals surface area contributed by atoms with Gasteiger partial charge < -0.3 is 5.32 Å². The Hall–Kier alpha value is -3.26. The van der Waals surface area contributed by atoms with Crippen LogP contribution in [0.5, 0.6) is 0 Å². The SMILES string of the molecule is O=C(NNC(=O)c1csc(Nc2ccccn2)n1)c1ccccc1. The average Bonchev–Trinajstić information content (AvgIpc) is 3.09. The second-order valence-electron chi connectivity index (χ2n) is 4.65. The number of aromatic nitrogens is 2. The molecular formula is C16H13N5O2S. The van der Waals surface area contributed by atoms with Crippen LogP contribution in [0.25, 0.3) is 0 Å². The van der Waals surface area contributed by atoms with Crippen LogP contribution in [0, 0.1) is 0 Å². The minimum atomic E-state index is -0.496. The number of nitrogens with zero attached hydrogens (tertiary/aromatic N) is 2. The summed E-state index contributed by atoms with van der Waals surface area (Å²) in [6, 6.07) is 14.0. The van der Waals surface area contributed by atoms with Crippen LogP contribution in [0.1, 0.15) is 20.8 Å². The summed E-state index contributed by atoms with van der Waals surface area (Å²) in [6.07, 6.45) is 1.66. The standard InChI is InChI=1S/C16H13N5O2S/c22-14(11-6-2-1-3-7-11)20-21-15(23)12-10-24-16(18-12)19-13-8-4-5-9-17-13/h1-10H,(H,20,22)(H,21,23)(H,17,18,19). The van der Waals surface area contributed by atoms with E-state index in [4.69, 9.17) is 0 Å². The van der Waals surface area contributed by atoms with Crippen molar-refractivity contribution in [3.8, 4) is 0 Å². The Bertz CT molecular complexity index is 836. The summed E-state index contributed by atoms with van der Waals surface area (Å²) >= 11 is 1.27. The molecule has 0 saturated heterocycles. The van der Waals surface area contributed by atoms with Crippen LogP contribution in [0.15, 0.2) is 60.1 Å². The second kappa shape index (κ2) is 7.34. The van der Waals surface area contributed by atoms with Crippen molar-refractivity contribution in [2.75, 3.05) is 5.32 Å². The van der Waals surface area contributed by atoms with Crippen molar-refractivity contribution >= 4 is 34.1 Å². The molecule has 0 aliphatic carbocycles. The minimum Gasteiger partial charge on any atom is -0.316 e. The van der Waals surface area contributed by atoms with E-state index in [1.165, 1.54) is 11.3 Å². The van der Waals surface area contributed by atoms with Gasteiger partial charge in [0.1, 0.15) is 11.5 Å². The lowest BCUT2D eigenvalue weighted by Crippen LogP contribution is -2.41. The van der Waals surface area contributed by atoms with E-state index in [9.17, 15) is 9.59 Å². The van der Waals surface area contributed by atoms with E-state index < -0.39 is 11.8 Å². The zero-order chi connectivity index (χ0) is 16.8. The first-order valence-electron chi connectivity index (χ1n) is 7.02. The van der Waals surface area contributed by atoms with Crippen LogP contribution in [0.2, 0.25) is 0 Å². The quantitative estimate of drug-likeness (QED) is 0.634. The number of rotatable bonds is 4. The summed E-state index contributed by atoms with van der Waals surface area (Å²) < 4.78 is 0. The molecule has 2 amide bonds. The molecule has 0 fully saturated rings. The van der Waals surface area contributed by atoms with Crippen LogP contribution in [0.4, 0.5) is 10.9 Å². The highest BCUT2D eigenvalue weighted by Gasteiger charge is 2.12. The fraction of sp³-hybridized carbons (Fsp3) is 0. The van der Waals surface area contributed by atoms with Gasteiger partial charge in [0.15, 0.2) is 5.13 Å². The highest BCUT2D eigenvalue weighted by molar-refractivity contribution is 7.14. The molecule has 3 N–H and O–H groups in total. The largest absolute Gasteiger partial charge is 0.316 e. The lowest BCUT2D eigenvalue weighted by molar-refractivity contribution is 0.0844. The number of hydrazine groups is 1. The second-order valence-corrected chi connectivity index (χ2v) is 5.51. The molecular weight excluding hydrogens is 326 g/mol. The third kappa shape index (κ3) is 3.93. The van der Waals surface area contributed by atoms with Crippen molar-refractivity contribution in [1.29, 1.82) is 0 Å². The first kappa shape index (κ1) is 15.6. The molecule has 8 heteroatoms. The summed E-state index contributed by atoms with van der Waals surface area (Å²) in [6.45, 7) is 0. The van der Waals surface area contributed by atoms with Crippen molar-refractivity contribution in [1.82, 2.24) is 20.8 Å². The normalized spacial score (nSPS) is 10.0. The molecule has 2 aromatic heterocycles. The van der Waals surface area contributed by atoms with Gasteiger partial charge in [0.2, 0.25) is 0 Å². The van der Waals surface area contributed by atoms with Gasteiger partial charge in [0.05, 0.1) is 0 Å². The Morgan fingerprint density at radius 1 is 0.917 bits per heavy atom. The maximum atomic E-state index is 12.0. The van der Waals surface area contributed by atoms with Gasteiger partial charge in [-0.2, -0.15) is 0 Å². The smallest absolute Gasteiger partial charge is 0.289 e. The third-order valence-corrected chi connectivity index (χ3v) is 3.72. The number of amides is 2. The average molecular weight is 339 g/mol. The highest BCUT2D eigenvalue weighted by Crippen LogP contribution is 2.19. The van der Waals surface area contributed by atoms with E-state index in [1.807, 2.05) is 6.07 Å². The van der Waals surface area contributed by atoms with Crippen molar-refractivity contribution in [2.24, 2.45) is 0 Å². The Kier molecular flexibility index (Phi) is 4.78. The maximum absolute atomic E-state index is 12.0. The number of nitrogens with one attached hydrogen (secondary N) is 3. The molecule has 0 aliphatic heterocycles. The van der Waals surface area contributed by atoms with Gasteiger partial charge in [-0.05, 0) is 24.3 Å². The first-order valence-corrected chi connectivity index (χ1v) is 7.89. The van der Waals surface area contributed by atoms with Crippen LogP contribution >= 0.6 is 11.3 Å². The van der Waals surface area contributed by atoms with E-state index in [2.05, 4.69) is 26.1 Å². The van der Waals surface area contributed by atoms with Gasteiger partial charge in [-0.15, -0.1) is 11.3 Å². The first-order chi connectivity index (χ1) is 11.7. The summed E-state index contributed by atoms with van der Waals surface area (Å²) in [5, 5.41) is 5.13. The van der Waals surface area contributed by atoms with Crippen LogP contribution in [-0.2, 0) is 0 Å². The van der Waals surface area contributed by atoms with E-state index >= 15 is 0 Å². The zero-order valence-corrected chi connectivity index (χ0v) is 13.2. The molecule has 0 bridgehead atoms. The molecule has 3 rings (SSSR count). The molecule has 0 saturated carbocycles. The fourth-order valence-corrected chi connectivity index (χ4v) is 2.52. The van der Waals surface area contributed by atoms with Crippen molar-refractivity contribution in [2.45, 2.75) is 0 Å². The van der Waals surface area contributed by atoms with Gasteiger partial charge >= 0.3 is 0 Å². The van der Waals surface area contributed by atoms with Crippen LogP contribution < -0.4 is 16.2 Å². The summed E-state index contributed by atoms with van der Waals surface area (Å²) in [7, 11) is 0. The number of thiazole rings is 1. The van der Waals surface area contributed by atoms with Gasteiger partial charge in [-0.3, -0.25) is 20.4 Å². The van der Waals surface area contributed by atoms with Crippen molar-refractivity contribution in [3.63, 3.8) is 0 Å². The molecule has 0 unspecified atom stereocenters.